The highest BCUT2D eigenvalue weighted by molar-refractivity contribution is 7.89. The Bertz CT molecular complexity index is 839. The Morgan fingerprint density at radius 2 is 1.88 bits per heavy atom. The lowest BCUT2D eigenvalue weighted by Gasteiger charge is -2.30. The second-order valence-electron chi connectivity index (χ2n) is 6.90. The Balaban J connectivity index is 2.10. The van der Waals surface area contributed by atoms with Crippen molar-refractivity contribution in [2.75, 3.05) is 13.1 Å². The number of aromatic nitrogens is 2. The third-order valence-electron chi connectivity index (χ3n) is 4.18. The SMILES string of the molecule is Cc1cnn(-c2ccc(S(=O)(=O)NCCN(C(C)C)C(C)C)cc2F)c1. The molecular formula is C18H27FN4O2S. The normalized spacial score (nSPS) is 12.5. The predicted octanol–water partition coefficient (Wildman–Crippen LogP) is 2.72. The molecule has 1 aromatic heterocycles. The van der Waals surface area contributed by atoms with Gasteiger partial charge in [0.15, 0.2) is 0 Å². The zero-order valence-corrected chi connectivity index (χ0v) is 16.7. The summed E-state index contributed by atoms with van der Waals surface area (Å²) in [4.78, 5) is 2.09. The summed E-state index contributed by atoms with van der Waals surface area (Å²) in [6, 6.07) is 4.46. The molecule has 8 heteroatoms. The molecule has 0 aliphatic rings. The Hall–Kier alpha value is -1.77. The van der Waals surface area contributed by atoms with Crippen molar-refractivity contribution >= 4 is 10.0 Å². The highest BCUT2D eigenvalue weighted by Crippen LogP contribution is 2.18. The Kier molecular flexibility index (Phi) is 6.54. The van der Waals surface area contributed by atoms with E-state index >= 15 is 0 Å². The van der Waals surface area contributed by atoms with Gasteiger partial charge in [-0.1, -0.05) is 0 Å². The maximum atomic E-state index is 14.4. The fraction of sp³-hybridized carbons (Fsp3) is 0.500. The standard InChI is InChI=1S/C18H27FN4O2S/c1-13(2)22(14(3)4)9-8-21-26(24,25)16-6-7-18(17(19)10-16)23-12-15(5)11-20-23/h6-7,10-14,21H,8-9H2,1-5H3. The van der Waals surface area contributed by atoms with Crippen LogP contribution in [0.4, 0.5) is 4.39 Å². The van der Waals surface area contributed by atoms with Crippen molar-refractivity contribution in [2.24, 2.45) is 0 Å². The summed E-state index contributed by atoms with van der Waals surface area (Å²) in [6.07, 6.45) is 3.29. The molecule has 26 heavy (non-hydrogen) atoms. The van der Waals surface area contributed by atoms with Gasteiger partial charge >= 0.3 is 0 Å². The summed E-state index contributed by atoms with van der Waals surface area (Å²) in [5, 5.41) is 4.05. The topological polar surface area (TPSA) is 67.2 Å². The van der Waals surface area contributed by atoms with Crippen LogP contribution in [-0.2, 0) is 10.0 Å². The van der Waals surface area contributed by atoms with E-state index in [2.05, 4.69) is 42.4 Å². The number of sulfonamides is 1. The van der Waals surface area contributed by atoms with Crippen LogP contribution in [0.1, 0.15) is 33.3 Å². The number of nitrogens with zero attached hydrogens (tertiary/aromatic N) is 3. The van der Waals surface area contributed by atoms with E-state index in [0.717, 1.165) is 11.6 Å². The average molecular weight is 383 g/mol. The molecule has 0 bridgehead atoms. The summed E-state index contributed by atoms with van der Waals surface area (Å²) in [5.41, 5.74) is 1.10. The van der Waals surface area contributed by atoms with Gasteiger partial charge in [-0.05, 0) is 58.4 Å². The zero-order valence-electron chi connectivity index (χ0n) is 15.9. The molecule has 1 aromatic carbocycles. The van der Waals surface area contributed by atoms with Crippen molar-refractivity contribution in [3.63, 3.8) is 0 Å². The van der Waals surface area contributed by atoms with Crippen LogP contribution in [0.5, 0.6) is 0 Å². The van der Waals surface area contributed by atoms with Crippen molar-refractivity contribution in [3.8, 4) is 5.69 Å². The van der Waals surface area contributed by atoms with E-state index in [4.69, 9.17) is 0 Å². The van der Waals surface area contributed by atoms with E-state index in [1.165, 1.54) is 16.8 Å². The van der Waals surface area contributed by atoms with E-state index in [1.54, 1.807) is 12.4 Å². The van der Waals surface area contributed by atoms with Crippen LogP contribution in [-0.4, -0.2) is 48.3 Å². The van der Waals surface area contributed by atoms with Crippen LogP contribution in [0, 0.1) is 12.7 Å². The van der Waals surface area contributed by atoms with Gasteiger partial charge < -0.3 is 0 Å². The van der Waals surface area contributed by atoms with Crippen LogP contribution < -0.4 is 4.72 Å². The molecule has 0 spiro atoms. The van der Waals surface area contributed by atoms with Gasteiger partial charge in [0.05, 0.1) is 11.1 Å². The molecule has 2 aromatic rings. The second kappa shape index (κ2) is 8.28. The zero-order chi connectivity index (χ0) is 19.5. The van der Waals surface area contributed by atoms with Gasteiger partial charge in [-0.2, -0.15) is 5.10 Å². The fourth-order valence-corrected chi connectivity index (χ4v) is 3.92. The van der Waals surface area contributed by atoms with Crippen LogP contribution in [0.2, 0.25) is 0 Å². The minimum atomic E-state index is -3.77. The van der Waals surface area contributed by atoms with Gasteiger partial charge in [-0.3, -0.25) is 4.90 Å². The van der Waals surface area contributed by atoms with Crippen molar-refractivity contribution in [3.05, 3.63) is 42.0 Å². The van der Waals surface area contributed by atoms with E-state index in [0.29, 0.717) is 18.6 Å². The molecule has 0 aliphatic carbocycles. The number of nitrogens with one attached hydrogen (secondary N) is 1. The fourth-order valence-electron chi connectivity index (χ4n) is 2.89. The molecule has 1 N–H and O–H groups in total. The minimum absolute atomic E-state index is 0.0942. The Labute approximate surface area is 155 Å². The molecule has 6 nitrogen and oxygen atoms in total. The summed E-state index contributed by atoms with van der Waals surface area (Å²) >= 11 is 0. The molecule has 0 atom stereocenters. The van der Waals surface area contributed by atoms with Crippen molar-refractivity contribution in [1.29, 1.82) is 0 Å². The number of halogens is 1. The molecule has 0 saturated heterocycles. The maximum absolute atomic E-state index is 14.4. The molecule has 0 fully saturated rings. The van der Waals surface area contributed by atoms with Gasteiger partial charge in [0.25, 0.3) is 0 Å². The number of aryl methyl sites for hydroxylation is 1. The molecule has 0 amide bonds. The summed E-state index contributed by atoms with van der Waals surface area (Å²) < 4.78 is 43.2. The highest BCUT2D eigenvalue weighted by atomic mass is 32.2. The minimum Gasteiger partial charge on any atom is -0.297 e. The van der Waals surface area contributed by atoms with Crippen LogP contribution in [0.3, 0.4) is 0 Å². The summed E-state index contributed by atoms with van der Waals surface area (Å²) in [7, 11) is -3.77. The lowest BCUT2D eigenvalue weighted by atomic mass is 10.2. The van der Waals surface area contributed by atoms with Crippen LogP contribution >= 0.6 is 0 Å². The predicted molar refractivity (Wildman–Crippen MR) is 100 cm³/mol. The van der Waals surface area contributed by atoms with Crippen molar-refractivity contribution in [1.82, 2.24) is 19.4 Å². The van der Waals surface area contributed by atoms with E-state index in [-0.39, 0.29) is 17.1 Å². The van der Waals surface area contributed by atoms with Gasteiger partial charge in [-0.15, -0.1) is 0 Å². The molecule has 1 heterocycles. The summed E-state index contributed by atoms with van der Waals surface area (Å²) in [5.74, 6) is -0.637. The number of rotatable bonds is 8. The van der Waals surface area contributed by atoms with E-state index < -0.39 is 15.8 Å². The van der Waals surface area contributed by atoms with Gasteiger partial charge in [0, 0.05) is 31.4 Å². The maximum Gasteiger partial charge on any atom is 0.240 e. The molecule has 0 radical (unpaired) electrons. The Morgan fingerprint density at radius 3 is 2.38 bits per heavy atom. The lowest BCUT2D eigenvalue weighted by molar-refractivity contribution is 0.179. The van der Waals surface area contributed by atoms with Crippen LogP contribution in [0.15, 0.2) is 35.5 Å². The lowest BCUT2D eigenvalue weighted by Crippen LogP contribution is -2.42. The quantitative estimate of drug-likeness (QED) is 0.762. The van der Waals surface area contributed by atoms with Crippen molar-refractivity contribution in [2.45, 2.75) is 51.6 Å². The van der Waals surface area contributed by atoms with E-state index in [1.807, 2.05) is 6.92 Å². The third-order valence-corrected chi connectivity index (χ3v) is 5.64. The summed E-state index contributed by atoms with van der Waals surface area (Å²) in [6.45, 7) is 11.0. The molecule has 144 valence electrons. The number of hydrogen-bond donors (Lipinski definition) is 1. The van der Waals surface area contributed by atoms with Crippen LogP contribution in [0.25, 0.3) is 5.69 Å². The number of benzene rings is 1. The third kappa shape index (κ3) is 4.90. The largest absolute Gasteiger partial charge is 0.297 e. The van der Waals surface area contributed by atoms with Crippen molar-refractivity contribution < 1.29 is 12.8 Å². The second-order valence-corrected chi connectivity index (χ2v) is 8.67. The van der Waals surface area contributed by atoms with E-state index in [9.17, 15) is 12.8 Å². The monoisotopic (exact) mass is 382 g/mol. The first-order valence-electron chi connectivity index (χ1n) is 8.68. The number of hydrogen-bond acceptors (Lipinski definition) is 4. The molecular weight excluding hydrogens is 355 g/mol. The smallest absolute Gasteiger partial charge is 0.240 e. The molecule has 0 unspecified atom stereocenters. The first-order valence-corrected chi connectivity index (χ1v) is 10.2. The highest BCUT2D eigenvalue weighted by Gasteiger charge is 2.19. The first-order chi connectivity index (χ1) is 12.1. The van der Waals surface area contributed by atoms with Gasteiger partial charge in [0.1, 0.15) is 11.5 Å². The molecule has 0 aliphatic heterocycles. The average Bonchev–Trinajstić information content (AvgIpc) is 2.96. The molecule has 0 saturated carbocycles. The Morgan fingerprint density at radius 1 is 1.23 bits per heavy atom. The van der Waals surface area contributed by atoms with Gasteiger partial charge in [0.2, 0.25) is 10.0 Å². The van der Waals surface area contributed by atoms with Gasteiger partial charge in [-0.25, -0.2) is 22.2 Å². The first kappa shape index (κ1) is 20.5. The molecule has 2 rings (SSSR count).